The molecular weight excluding hydrogens is 530 g/mol. The Morgan fingerprint density at radius 1 is 0.976 bits per heavy atom. The second kappa shape index (κ2) is 23.5. The van der Waals surface area contributed by atoms with E-state index in [0.29, 0.717) is 18.5 Å². The van der Waals surface area contributed by atoms with Gasteiger partial charge in [0, 0.05) is 40.9 Å². The minimum absolute atomic E-state index is 0.637. The number of fused-ring (bicyclic) bond motifs is 1. The molecule has 0 bridgehead atoms. The molecule has 0 saturated heterocycles. The summed E-state index contributed by atoms with van der Waals surface area (Å²) in [7, 11) is 0. The Balaban J connectivity index is 0.000000668. The van der Waals surface area contributed by atoms with Crippen LogP contribution in [0.5, 0.6) is 0 Å². The molecule has 1 aromatic heterocycles. The molecule has 0 atom stereocenters. The SMILES string of the molecule is C=C.CC.CSN.Cc1ccc(Nc2ccnc3ccc(C#N)cc23)cc1.NCCCNc1ccc(NC=O)cc1. The number of aryl methyl sites for hydroxylation is 1. The van der Waals surface area contributed by atoms with Crippen molar-refractivity contribution in [2.45, 2.75) is 27.2 Å². The molecule has 1 heterocycles. The van der Waals surface area contributed by atoms with Crippen LogP contribution in [0.25, 0.3) is 10.9 Å². The zero-order valence-electron chi connectivity index (χ0n) is 24.5. The second-order valence-electron chi connectivity index (χ2n) is 7.84. The van der Waals surface area contributed by atoms with Crippen molar-refractivity contribution in [3.8, 4) is 6.07 Å². The zero-order chi connectivity index (χ0) is 30.9. The van der Waals surface area contributed by atoms with Gasteiger partial charge in [-0.25, -0.2) is 0 Å². The van der Waals surface area contributed by atoms with Crippen molar-refractivity contribution in [3.05, 3.63) is 103 Å². The highest BCUT2D eigenvalue weighted by molar-refractivity contribution is 7.96. The van der Waals surface area contributed by atoms with Crippen molar-refractivity contribution < 1.29 is 4.79 Å². The number of benzene rings is 3. The molecule has 9 heteroatoms. The summed E-state index contributed by atoms with van der Waals surface area (Å²) in [4.78, 5) is 14.5. The normalized spacial score (nSPS) is 8.90. The van der Waals surface area contributed by atoms with E-state index < -0.39 is 0 Å². The fourth-order valence-electron chi connectivity index (χ4n) is 3.20. The fraction of sp³-hybridized carbons (Fsp3) is 0.219. The Kier molecular flexibility index (Phi) is 21.0. The van der Waals surface area contributed by atoms with Gasteiger partial charge in [-0.2, -0.15) is 5.26 Å². The highest BCUT2D eigenvalue weighted by Crippen LogP contribution is 2.26. The first-order chi connectivity index (χ1) is 20.0. The monoisotopic (exact) mass is 573 g/mol. The first-order valence-electron chi connectivity index (χ1n) is 13.1. The van der Waals surface area contributed by atoms with Crippen molar-refractivity contribution in [2.24, 2.45) is 10.9 Å². The lowest BCUT2D eigenvalue weighted by Gasteiger charge is -2.10. The van der Waals surface area contributed by atoms with Crippen LogP contribution in [0.1, 0.15) is 31.4 Å². The van der Waals surface area contributed by atoms with Gasteiger partial charge in [0.05, 0.1) is 17.1 Å². The van der Waals surface area contributed by atoms with Gasteiger partial charge in [0.25, 0.3) is 0 Å². The molecule has 1 amide bonds. The molecule has 8 nitrogen and oxygen atoms in total. The van der Waals surface area contributed by atoms with Crippen molar-refractivity contribution in [2.75, 3.05) is 35.3 Å². The molecule has 7 N–H and O–H groups in total. The molecule has 41 heavy (non-hydrogen) atoms. The number of aromatic nitrogens is 1. The summed E-state index contributed by atoms with van der Waals surface area (Å²) >= 11 is 1.25. The Hall–Kier alpha value is -4.36. The van der Waals surface area contributed by atoms with Gasteiger partial charge in [-0.15, -0.1) is 13.2 Å². The molecule has 0 saturated carbocycles. The molecule has 0 fully saturated rings. The van der Waals surface area contributed by atoms with Crippen molar-refractivity contribution in [1.29, 1.82) is 5.26 Å². The van der Waals surface area contributed by atoms with E-state index >= 15 is 0 Å². The van der Waals surface area contributed by atoms with E-state index in [-0.39, 0.29) is 0 Å². The lowest BCUT2D eigenvalue weighted by Crippen LogP contribution is -2.08. The average molecular weight is 574 g/mol. The topological polar surface area (TPSA) is 142 Å². The van der Waals surface area contributed by atoms with Crippen LogP contribution in [0.2, 0.25) is 0 Å². The van der Waals surface area contributed by atoms with Crippen LogP contribution in [0.3, 0.4) is 0 Å². The van der Waals surface area contributed by atoms with Crippen LogP contribution >= 0.6 is 11.9 Å². The number of amides is 1. The van der Waals surface area contributed by atoms with Crippen LogP contribution in [-0.2, 0) is 4.79 Å². The number of rotatable bonds is 8. The molecule has 4 aromatic rings. The standard InChI is InChI=1S/C17H13N3.C10H15N3O.C2H6.C2H4.CH5NS/c1-12-2-5-14(6-3-12)20-17-8-9-19-16-7-4-13(11-18)10-15(16)17;11-6-1-7-12-9-2-4-10(5-3-9)13-8-14;2*1-2;1-3-2/h2-10H,1H3,(H,19,20);2-5,8,12H,1,6-7,11H2,(H,13,14);1-2H3;1-2H2;2H2,1H3. The molecule has 218 valence electrons. The highest BCUT2D eigenvalue weighted by Gasteiger charge is 2.04. The number of pyridine rings is 1. The molecule has 0 spiro atoms. The minimum atomic E-state index is 0.637. The molecule has 0 radical (unpaired) electrons. The van der Waals surface area contributed by atoms with Gasteiger partial charge in [0.15, 0.2) is 0 Å². The van der Waals surface area contributed by atoms with Gasteiger partial charge in [-0.05, 0) is 86.8 Å². The van der Waals surface area contributed by atoms with Crippen molar-refractivity contribution in [3.63, 3.8) is 0 Å². The first-order valence-corrected chi connectivity index (χ1v) is 14.4. The molecule has 0 unspecified atom stereocenters. The molecular formula is C32H43N7OS. The number of anilines is 4. The van der Waals surface area contributed by atoms with E-state index in [1.54, 1.807) is 12.3 Å². The van der Waals surface area contributed by atoms with E-state index in [4.69, 9.17) is 16.1 Å². The van der Waals surface area contributed by atoms with Gasteiger partial charge in [0.1, 0.15) is 0 Å². The van der Waals surface area contributed by atoms with Crippen LogP contribution in [-0.4, -0.2) is 30.7 Å². The summed E-state index contributed by atoms with van der Waals surface area (Å²) in [5.41, 5.74) is 11.9. The predicted molar refractivity (Wildman–Crippen MR) is 180 cm³/mol. The van der Waals surface area contributed by atoms with E-state index in [2.05, 4.69) is 59.2 Å². The summed E-state index contributed by atoms with van der Waals surface area (Å²) in [6.45, 7) is 13.6. The highest BCUT2D eigenvalue weighted by atomic mass is 32.2. The van der Waals surface area contributed by atoms with Gasteiger partial charge in [0.2, 0.25) is 6.41 Å². The van der Waals surface area contributed by atoms with Gasteiger partial charge >= 0.3 is 0 Å². The maximum Gasteiger partial charge on any atom is 0.211 e. The maximum atomic E-state index is 10.1. The quantitative estimate of drug-likeness (QED) is 0.0643. The Morgan fingerprint density at radius 3 is 2.12 bits per heavy atom. The largest absolute Gasteiger partial charge is 0.385 e. The van der Waals surface area contributed by atoms with Crippen LogP contribution in [0, 0.1) is 18.3 Å². The Bertz CT molecular complexity index is 1290. The summed E-state index contributed by atoms with van der Waals surface area (Å²) in [5.74, 6) is 0. The number of nitriles is 1. The summed E-state index contributed by atoms with van der Waals surface area (Å²) < 4.78 is 0. The molecule has 3 aromatic carbocycles. The Morgan fingerprint density at radius 2 is 1.56 bits per heavy atom. The average Bonchev–Trinajstić information content (AvgIpc) is 3.02. The number of hydrogen-bond acceptors (Lipinski definition) is 8. The fourth-order valence-corrected chi connectivity index (χ4v) is 3.20. The number of carbonyl (C=O) groups is 1. The van der Waals surface area contributed by atoms with Crippen LogP contribution in [0.4, 0.5) is 22.7 Å². The third kappa shape index (κ3) is 14.6. The number of carbonyl (C=O) groups excluding carboxylic acids is 1. The van der Waals surface area contributed by atoms with E-state index in [9.17, 15) is 4.79 Å². The van der Waals surface area contributed by atoms with E-state index in [1.165, 1.54) is 17.5 Å². The van der Waals surface area contributed by atoms with E-state index in [0.717, 1.165) is 46.6 Å². The summed E-state index contributed by atoms with van der Waals surface area (Å²) in [5, 5.41) is 23.9. The van der Waals surface area contributed by atoms with Crippen molar-refractivity contribution >= 4 is 52.0 Å². The summed E-state index contributed by atoms with van der Waals surface area (Å²) in [6.07, 6.45) is 5.20. The third-order valence-corrected chi connectivity index (χ3v) is 5.02. The first kappa shape index (κ1) is 36.6. The van der Waals surface area contributed by atoms with Gasteiger partial charge < -0.3 is 21.7 Å². The minimum Gasteiger partial charge on any atom is -0.385 e. The summed E-state index contributed by atoms with van der Waals surface area (Å²) in [6, 6.07) is 25.3. The Labute approximate surface area is 249 Å². The second-order valence-corrected chi connectivity index (χ2v) is 8.31. The lowest BCUT2D eigenvalue weighted by molar-refractivity contribution is -0.105. The lowest BCUT2D eigenvalue weighted by atomic mass is 10.1. The third-order valence-electron chi connectivity index (χ3n) is 5.02. The molecule has 0 aliphatic carbocycles. The van der Waals surface area contributed by atoms with Gasteiger partial charge in [-0.3, -0.25) is 14.9 Å². The van der Waals surface area contributed by atoms with Gasteiger partial charge in [-0.1, -0.05) is 43.5 Å². The van der Waals surface area contributed by atoms with E-state index in [1.807, 2.05) is 74.7 Å². The molecule has 0 aliphatic heterocycles. The number of nitrogens with two attached hydrogens (primary N) is 2. The predicted octanol–water partition coefficient (Wildman–Crippen LogP) is 7.23. The number of hydrogen-bond donors (Lipinski definition) is 5. The van der Waals surface area contributed by atoms with Crippen LogP contribution in [0.15, 0.2) is 92.2 Å². The smallest absolute Gasteiger partial charge is 0.211 e. The zero-order valence-corrected chi connectivity index (χ0v) is 25.3. The maximum absolute atomic E-state index is 10.1. The number of nitrogens with zero attached hydrogens (tertiary/aromatic N) is 2. The molecule has 4 rings (SSSR count). The van der Waals surface area contributed by atoms with Crippen LogP contribution < -0.4 is 26.8 Å². The molecule has 0 aliphatic rings. The number of nitrogens with one attached hydrogen (secondary N) is 3. The van der Waals surface area contributed by atoms with Crippen molar-refractivity contribution in [1.82, 2.24) is 4.98 Å².